The van der Waals surface area contributed by atoms with Crippen LogP contribution >= 0.6 is 0 Å². The van der Waals surface area contributed by atoms with E-state index < -0.39 is 0 Å². The van der Waals surface area contributed by atoms with Gasteiger partial charge in [-0.05, 0) is 13.8 Å². The van der Waals surface area contributed by atoms with Crippen LogP contribution in [-0.2, 0) is 11.8 Å². The lowest BCUT2D eigenvalue weighted by Gasteiger charge is -2.23. The molecule has 1 amide bonds. The van der Waals surface area contributed by atoms with E-state index in [1.54, 1.807) is 4.90 Å². The lowest BCUT2D eigenvalue weighted by molar-refractivity contribution is -0.127. The standard InChI is InChI=1S/C11H18N4O/c1-6-10(7(2)15(4)13-6)11-8(12)5-9(16)14(11)3/h8,11H,5,12H2,1-4H3/t8-,11-/m0/s1. The van der Waals surface area contributed by atoms with Crippen LogP contribution in [0.5, 0.6) is 0 Å². The summed E-state index contributed by atoms with van der Waals surface area (Å²) in [6.45, 7) is 3.98. The summed E-state index contributed by atoms with van der Waals surface area (Å²) in [6, 6.07) is -0.153. The minimum atomic E-state index is -0.126. The predicted octanol–water partition coefficient (Wildman–Crippen LogP) is 0.267. The van der Waals surface area contributed by atoms with Gasteiger partial charge in [-0.3, -0.25) is 9.48 Å². The lowest BCUT2D eigenvalue weighted by atomic mass is 9.99. The normalized spacial score (nSPS) is 25.6. The van der Waals surface area contributed by atoms with E-state index in [4.69, 9.17) is 5.73 Å². The van der Waals surface area contributed by atoms with Crippen LogP contribution in [0.1, 0.15) is 29.4 Å². The van der Waals surface area contributed by atoms with Crippen LogP contribution < -0.4 is 5.73 Å². The molecule has 2 N–H and O–H groups in total. The second-order valence-electron chi connectivity index (χ2n) is 4.53. The Hall–Kier alpha value is -1.36. The van der Waals surface area contributed by atoms with Crippen molar-refractivity contribution in [1.29, 1.82) is 0 Å². The minimum absolute atomic E-state index is 0.0267. The number of aromatic nitrogens is 2. The molecule has 0 aliphatic carbocycles. The molecule has 0 bridgehead atoms. The smallest absolute Gasteiger partial charge is 0.224 e. The van der Waals surface area contributed by atoms with Gasteiger partial charge in [0.25, 0.3) is 0 Å². The second-order valence-corrected chi connectivity index (χ2v) is 4.53. The lowest BCUT2D eigenvalue weighted by Crippen LogP contribution is -2.31. The van der Waals surface area contributed by atoms with Gasteiger partial charge < -0.3 is 10.6 Å². The zero-order chi connectivity index (χ0) is 12.0. The number of aryl methyl sites for hydroxylation is 2. The van der Waals surface area contributed by atoms with Gasteiger partial charge in [0.05, 0.1) is 11.7 Å². The van der Waals surface area contributed by atoms with E-state index in [1.165, 1.54) is 0 Å². The third kappa shape index (κ3) is 1.43. The summed E-state index contributed by atoms with van der Waals surface area (Å²) < 4.78 is 1.84. The van der Waals surface area contributed by atoms with E-state index in [9.17, 15) is 4.79 Å². The first-order valence-corrected chi connectivity index (χ1v) is 5.44. The van der Waals surface area contributed by atoms with Crippen molar-refractivity contribution >= 4 is 5.91 Å². The average Bonchev–Trinajstić information content (AvgIpc) is 2.57. The van der Waals surface area contributed by atoms with Gasteiger partial charge in [-0.2, -0.15) is 5.10 Å². The van der Waals surface area contributed by atoms with Crippen molar-refractivity contribution in [3.63, 3.8) is 0 Å². The van der Waals surface area contributed by atoms with Crippen molar-refractivity contribution in [2.45, 2.75) is 32.4 Å². The zero-order valence-corrected chi connectivity index (χ0v) is 10.2. The summed E-state index contributed by atoms with van der Waals surface area (Å²) in [5.74, 6) is 0.111. The SMILES string of the molecule is Cc1nn(C)c(C)c1[C@@H]1[C@@H](N)CC(=O)N1C. The molecule has 1 aromatic rings. The largest absolute Gasteiger partial charge is 0.337 e. The van der Waals surface area contributed by atoms with Crippen LogP contribution in [0, 0.1) is 13.8 Å². The Morgan fingerprint density at radius 2 is 2.00 bits per heavy atom. The van der Waals surface area contributed by atoms with E-state index in [1.807, 2.05) is 32.6 Å². The molecule has 0 unspecified atom stereocenters. The fraction of sp³-hybridized carbons (Fsp3) is 0.636. The van der Waals surface area contributed by atoms with E-state index >= 15 is 0 Å². The molecule has 1 aromatic heterocycles. The molecule has 2 rings (SSSR count). The number of hydrogen-bond donors (Lipinski definition) is 1. The number of nitrogens with zero attached hydrogens (tertiary/aromatic N) is 3. The molecule has 0 saturated carbocycles. The number of rotatable bonds is 1. The number of likely N-dealkylation sites (tertiary alicyclic amines) is 1. The van der Waals surface area contributed by atoms with Crippen molar-refractivity contribution in [2.75, 3.05) is 7.05 Å². The minimum Gasteiger partial charge on any atom is -0.337 e. The average molecular weight is 222 g/mol. The Balaban J connectivity index is 2.48. The monoisotopic (exact) mass is 222 g/mol. The number of likely N-dealkylation sites (N-methyl/N-ethyl adjacent to an activating group) is 1. The first-order chi connectivity index (χ1) is 7.43. The molecule has 0 aromatic carbocycles. The maximum atomic E-state index is 11.6. The predicted molar refractivity (Wildman–Crippen MR) is 60.8 cm³/mol. The maximum absolute atomic E-state index is 11.6. The number of carbonyl (C=O) groups is 1. The van der Waals surface area contributed by atoms with Crippen molar-refractivity contribution in [1.82, 2.24) is 14.7 Å². The molecule has 1 fully saturated rings. The van der Waals surface area contributed by atoms with E-state index in [0.29, 0.717) is 6.42 Å². The molecule has 16 heavy (non-hydrogen) atoms. The quantitative estimate of drug-likeness (QED) is 0.741. The molecule has 1 aliphatic heterocycles. The van der Waals surface area contributed by atoms with Gasteiger partial charge >= 0.3 is 0 Å². The van der Waals surface area contributed by atoms with Gasteiger partial charge in [-0.25, -0.2) is 0 Å². The van der Waals surface area contributed by atoms with Gasteiger partial charge in [-0.15, -0.1) is 0 Å². The highest BCUT2D eigenvalue weighted by Crippen LogP contribution is 2.33. The fourth-order valence-electron chi connectivity index (χ4n) is 2.53. The Morgan fingerprint density at radius 1 is 1.38 bits per heavy atom. The number of amides is 1. The Labute approximate surface area is 95.2 Å². The molecule has 5 heteroatoms. The highest BCUT2D eigenvalue weighted by molar-refractivity contribution is 5.80. The van der Waals surface area contributed by atoms with Crippen molar-refractivity contribution in [2.24, 2.45) is 12.8 Å². The molecule has 2 heterocycles. The Kier molecular flexibility index (Phi) is 2.50. The fourth-order valence-corrected chi connectivity index (χ4v) is 2.53. The van der Waals surface area contributed by atoms with Crippen LogP contribution in [-0.4, -0.2) is 33.7 Å². The third-order valence-corrected chi connectivity index (χ3v) is 3.49. The third-order valence-electron chi connectivity index (χ3n) is 3.49. The van der Waals surface area contributed by atoms with E-state index in [2.05, 4.69) is 5.10 Å². The van der Waals surface area contributed by atoms with Gasteiger partial charge in [0, 0.05) is 37.8 Å². The zero-order valence-electron chi connectivity index (χ0n) is 10.2. The Bertz CT molecular complexity index is 437. The summed E-state index contributed by atoms with van der Waals surface area (Å²) >= 11 is 0. The van der Waals surface area contributed by atoms with Gasteiger partial charge in [0.1, 0.15) is 0 Å². The molecule has 0 radical (unpaired) electrons. The summed E-state index contributed by atoms with van der Waals surface area (Å²) in [7, 11) is 3.72. The van der Waals surface area contributed by atoms with Gasteiger partial charge in [-0.1, -0.05) is 0 Å². The molecule has 1 saturated heterocycles. The first kappa shape index (κ1) is 11.1. The topological polar surface area (TPSA) is 64.2 Å². The van der Waals surface area contributed by atoms with Gasteiger partial charge in [0.2, 0.25) is 5.91 Å². The summed E-state index contributed by atoms with van der Waals surface area (Å²) in [5, 5.41) is 4.37. The van der Waals surface area contributed by atoms with E-state index in [0.717, 1.165) is 17.0 Å². The Morgan fingerprint density at radius 3 is 2.38 bits per heavy atom. The van der Waals surface area contributed by atoms with Crippen LogP contribution in [0.2, 0.25) is 0 Å². The van der Waals surface area contributed by atoms with E-state index in [-0.39, 0.29) is 18.0 Å². The van der Waals surface area contributed by atoms with Crippen molar-refractivity contribution < 1.29 is 4.79 Å². The summed E-state index contributed by atoms with van der Waals surface area (Å²) in [6.07, 6.45) is 0.426. The molecule has 88 valence electrons. The highest BCUT2D eigenvalue weighted by Gasteiger charge is 2.38. The van der Waals surface area contributed by atoms with Crippen molar-refractivity contribution in [3.05, 3.63) is 17.0 Å². The van der Waals surface area contributed by atoms with Crippen molar-refractivity contribution in [3.8, 4) is 0 Å². The van der Waals surface area contributed by atoms with Crippen LogP contribution in [0.15, 0.2) is 0 Å². The number of nitrogens with two attached hydrogens (primary N) is 1. The molecule has 1 aliphatic rings. The number of carbonyl (C=O) groups excluding carboxylic acids is 1. The summed E-state index contributed by atoms with van der Waals surface area (Å²) in [5.41, 5.74) is 9.18. The molecular formula is C11H18N4O. The molecule has 5 nitrogen and oxygen atoms in total. The highest BCUT2D eigenvalue weighted by atomic mass is 16.2. The molecular weight excluding hydrogens is 204 g/mol. The number of hydrogen-bond acceptors (Lipinski definition) is 3. The molecule has 0 spiro atoms. The van der Waals surface area contributed by atoms with Crippen LogP contribution in [0.25, 0.3) is 0 Å². The summed E-state index contributed by atoms with van der Waals surface area (Å²) in [4.78, 5) is 13.4. The second kappa shape index (κ2) is 3.59. The van der Waals surface area contributed by atoms with Crippen LogP contribution in [0.3, 0.4) is 0 Å². The molecule has 2 atom stereocenters. The first-order valence-electron chi connectivity index (χ1n) is 5.44. The van der Waals surface area contributed by atoms with Gasteiger partial charge in [0.15, 0.2) is 0 Å². The van der Waals surface area contributed by atoms with Crippen LogP contribution in [0.4, 0.5) is 0 Å². The maximum Gasteiger partial charge on any atom is 0.224 e.